The van der Waals surface area contributed by atoms with Gasteiger partial charge in [0.05, 0.1) is 15.7 Å². The van der Waals surface area contributed by atoms with E-state index in [0.29, 0.717) is 16.0 Å². The SMILES string of the molecule is CC(C)c1ncccc1-c1ccc(Cl)c(Cl)c1. The van der Waals surface area contributed by atoms with Crippen molar-refractivity contribution in [3.8, 4) is 11.1 Å². The minimum absolute atomic E-state index is 0.376. The summed E-state index contributed by atoms with van der Waals surface area (Å²) >= 11 is 12.0. The maximum atomic E-state index is 6.04. The third kappa shape index (κ3) is 2.62. The first-order valence-electron chi connectivity index (χ1n) is 5.50. The Kier molecular flexibility index (Phi) is 3.70. The predicted octanol–water partition coefficient (Wildman–Crippen LogP) is 5.18. The van der Waals surface area contributed by atoms with Crippen LogP contribution in [0.4, 0.5) is 0 Å². The Morgan fingerprint density at radius 3 is 2.47 bits per heavy atom. The van der Waals surface area contributed by atoms with E-state index in [9.17, 15) is 0 Å². The van der Waals surface area contributed by atoms with Gasteiger partial charge in [0.15, 0.2) is 0 Å². The lowest BCUT2D eigenvalue weighted by molar-refractivity contribution is 0.826. The van der Waals surface area contributed by atoms with Gasteiger partial charge in [0.1, 0.15) is 0 Å². The number of hydrogen-bond acceptors (Lipinski definition) is 1. The first kappa shape index (κ1) is 12.4. The average Bonchev–Trinajstić information content (AvgIpc) is 2.32. The summed E-state index contributed by atoms with van der Waals surface area (Å²) in [7, 11) is 0. The van der Waals surface area contributed by atoms with Gasteiger partial charge in [-0.15, -0.1) is 0 Å². The molecule has 0 N–H and O–H groups in total. The lowest BCUT2D eigenvalue weighted by atomic mass is 9.98. The first-order chi connectivity index (χ1) is 8.09. The number of rotatable bonds is 2. The maximum Gasteiger partial charge on any atom is 0.0598 e. The van der Waals surface area contributed by atoms with Gasteiger partial charge in [-0.25, -0.2) is 0 Å². The summed E-state index contributed by atoms with van der Waals surface area (Å²) in [6.07, 6.45) is 1.82. The Bertz CT molecular complexity index is 535. The van der Waals surface area contributed by atoms with Crippen LogP contribution in [0.3, 0.4) is 0 Å². The number of halogens is 2. The molecule has 1 heterocycles. The number of pyridine rings is 1. The highest BCUT2D eigenvalue weighted by atomic mass is 35.5. The lowest BCUT2D eigenvalue weighted by Crippen LogP contribution is -1.95. The third-order valence-corrected chi connectivity index (χ3v) is 3.36. The minimum atomic E-state index is 0.376. The summed E-state index contributed by atoms with van der Waals surface area (Å²) in [5, 5.41) is 1.15. The smallest absolute Gasteiger partial charge is 0.0598 e. The second-order valence-corrected chi connectivity index (χ2v) is 5.03. The molecule has 1 nitrogen and oxygen atoms in total. The molecule has 17 heavy (non-hydrogen) atoms. The van der Waals surface area contributed by atoms with Crippen LogP contribution in [-0.4, -0.2) is 4.98 Å². The zero-order valence-electron chi connectivity index (χ0n) is 9.74. The number of benzene rings is 1. The quantitative estimate of drug-likeness (QED) is 0.729. The van der Waals surface area contributed by atoms with Crippen molar-refractivity contribution in [1.82, 2.24) is 4.98 Å². The van der Waals surface area contributed by atoms with Gasteiger partial charge in [-0.2, -0.15) is 0 Å². The van der Waals surface area contributed by atoms with E-state index in [0.717, 1.165) is 16.8 Å². The Hall–Kier alpha value is -1.05. The molecule has 0 bridgehead atoms. The molecule has 2 aromatic rings. The third-order valence-electron chi connectivity index (χ3n) is 2.62. The van der Waals surface area contributed by atoms with Gasteiger partial charge < -0.3 is 0 Å². The van der Waals surface area contributed by atoms with E-state index in [1.165, 1.54) is 0 Å². The first-order valence-corrected chi connectivity index (χ1v) is 6.25. The van der Waals surface area contributed by atoms with E-state index in [2.05, 4.69) is 24.9 Å². The molecule has 0 atom stereocenters. The summed E-state index contributed by atoms with van der Waals surface area (Å²) in [5.74, 6) is 0.376. The van der Waals surface area contributed by atoms with Crippen molar-refractivity contribution in [2.75, 3.05) is 0 Å². The molecule has 0 saturated carbocycles. The van der Waals surface area contributed by atoms with Gasteiger partial charge in [0.2, 0.25) is 0 Å². The molecular weight excluding hydrogens is 253 g/mol. The van der Waals surface area contributed by atoms with Crippen molar-refractivity contribution in [3.63, 3.8) is 0 Å². The van der Waals surface area contributed by atoms with Crippen molar-refractivity contribution in [2.24, 2.45) is 0 Å². The van der Waals surface area contributed by atoms with Crippen LogP contribution in [-0.2, 0) is 0 Å². The zero-order chi connectivity index (χ0) is 12.4. The Labute approximate surface area is 111 Å². The number of nitrogens with zero attached hydrogens (tertiary/aromatic N) is 1. The highest BCUT2D eigenvalue weighted by Gasteiger charge is 2.10. The van der Waals surface area contributed by atoms with Crippen molar-refractivity contribution >= 4 is 23.2 Å². The second kappa shape index (κ2) is 5.07. The van der Waals surface area contributed by atoms with Crippen LogP contribution in [0.25, 0.3) is 11.1 Å². The predicted molar refractivity (Wildman–Crippen MR) is 73.8 cm³/mol. The van der Waals surface area contributed by atoms with Crippen LogP contribution in [0.1, 0.15) is 25.5 Å². The van der Waals surface area contributed by atoms with Crippen molar-refractivity contribution < 1.29 is 0 Å². The summed E-state index contributed by atoms with van der Waals surface area (Å²) in [4.78, 5) is 4.43. The molecule has 0 spiro atoms. The highest BCUT2D eigenvalue weighted by molar-refractivity contribution is 6.42. The van der Waals surface area contributed by atoms with Gasteiger partial charge in [-0.3, -0.25) is 4.98 Å². The maximum absolute atomic E-state index is 6.04. The molecule has 0 saturated heterocycles. The fourth-order valence-corrected chi connectivity index (χ4v) is 2.08. The van der Waals surface area contributed by atoms with E-state index in [-0.39, 0.29) is 0 Å². The van der Waals surface area contributed by atoms with Gasteiger partial charge in [0.25, 0.3) is 0 Å². The van der Waals surface area contributed by atoms with Crippen LogP contribution in [0.15, 0.2) is 36.5 Å². The number of hydrogen-bond donors (Lipinski definition) is 0. The highest BCUT2D eigenvalue weighted by Crippen LogP contribution is 2.31. The van der Waals surface area contributed by atoms with Crippen molar-refractivity contribution in [3.05, 3.63) is 52.3 Å². The molecule has 0 radical (unpaired) electrons. The number of aromatic nitrogens is 1. The van der Waals surface area contributed by atoms with Crippen molar-refractivity contribution in [2.45, 2.75) is 19.8 Å². The van der Waals surface area contributed by atoms with Gasteiger partial charge in [0, 0.05) is 11.8 Å². The fourth-order valence-electron chi connectivity index (χ4n) is 1.79. The zero-order valence-corrected chi connectivity index (χ0v) is 11.3. The van der Waals surface area contributed by atoms with Crippen LogP contribution in [0.2, 0.25) is 10.0 Å². The largest absolute Gasteiger partial charge is 0.260 e. The molecule has 0 aliphatic rings. The summed E-state index contributed by atoms with van der Waals surface area (Å²) < 4.78 is 0. The molecule has 0 amide bonds. The minimum Gasteiger partial charge on any atom is -0.260 e. The summed E-state index contributed by atoms with van der Waals surface area (Å²) in [6, 6.07) is 9.66. The van der Waals surface area contributed by atoms with Gasteiger partial charge in [-0.1, -0.05) is 49.2 Å². The Morgan fingerprint density at radius 2 is 1.82 bits per heavy atom. The van der Waals surface area contributed by atoms with Gasteiger partial charge in [-0.05, 0) is 29.7 Å². The molecule has 1 aromatic carbocycles. The van der Waals surface area contributed by atoms with E-state index in [4.69, 9.17) is 23.2 Å². The molecule has 0 aliphatic heterocycles. The lowest BCUT2D eigenvalue weighted by Gasteiger charge is -2.11. The average molecular weight is 266 g/mol. The van der Waals surface area contributed by atoms with Crippen LogP contribution < -0.4 is 0 Å². The Morgan fingerprint density at radius 1 is 1.06 bits per heavy atom. The standard InChI is InChI=1S/C14H13Cl2N/c1-9(2)14-11(4-3-7-17-14)10-5-6-12(15)13(16)8-10/h3-9H,1-2H3. The van der Waals surface area contributed by atoms with E-state index in [1.54, 1.807) is 0 Å². The normalized spacial score (nSPS) is 10.9. The topological polar surface area (TPSA) is 12.9 Å². The van der Waals surface area contributed by atoms with E-state index < -0.39 is 0 Å². The monoisotopic (exact) mass is 265 g/mol. The van der Waals surface area contributed by atoms with Crippen LogP contribution in [0, 0.1) is 0 Å². The van der Waals surface area contributed by atoms with Crippen LogP contribution in [0.5, 0.6) is 0 Å². The van der Waals surface area contributed by atoms with E-state index in [1.807, 2.05) is 30.5 Å². The summed E-state index contributed by atoms with van der Waals surface area (Å²) in [6.45, 7) is 4.26. The molecule has 2 rings (SSSR count). The Balaban J connectivity index is 2.56. The molecule has 0 unspecified atom stereocenters. The summed E-state index contributed by atoms with van der Waals surface area (Å²) in [5.41, 5.74) is 3.24. The van der Waals surface area contributed by atoms with Crippen molar-refractivity contribution in [1.29, 1.82) is 0 Å². The molecule has 0 fully saturated rings. The van der Waals surface area contributed by atoms with Crippen LogP contribution >= 0.6 is 23.2 Å². The second-order valence-electron chi connectivity index (χ2n) is 4.22. The molecule has 88 valence electrons. The molecular formula is C14H13Cl2N. The molecule has 1 aromatic heterocycles. The van der Waals surface area contributed by atoms with Gasteiger partial charge >= 0.3 is 0 Å². The fraction of sp³-hybridized carbons (Fsp3) is 0.214. The van der Waals surface area contributed by atoms with E-state index >= 15 is 0 Å². The molecule has 0 aliphatic carbocycles. The molecule has 3 heteroatoms.